The lowest BCUT2D eigenvalue weighted by molar-refractivity contribution is 0.304. The van der Waals surface area contributed by atoms with E-state index in [2.05, 4.69) is 10.6 Å². The zero-order chi connectivity index (χ0) is 12.3. The van der Waals surface area contributed by atoms with Crippen molar-refractivity contribution >= 4 is 0 Å². The fourth-order valence-electron chi connectivity index (χ4n) is 1.79. The molecule has 0 fully saturated rings. The van der Waals surface area contributed by atoms with Crippen LogP contribution in [0.5, 0.6) is 0 Å². The highest BCUT2D eigenvalue weighted by Gasteiger charge is 2.29. The molecule has 0 heterocycles. The van der Waals surface area contributed by atoms with Crippen LogP contribution in [-0.4, -0.2) is 19.6 Å². The summed E-state index contributed by atoms with van der Waals surface area (Å²) >= 11 is 0. The second-order valence-electron chi connectivity index (χ2n) is 4.36. The Hall–Kier alpha value is -1.00. The van der Waals surface area contributed by atoms with Gasteiger partial charge in [0.25, 0.3) is 0 Å². The van der Waals surface area contributed by atoms with E-state index in [1.807, 2.05) is 20.9 Å². The highest BCUT2D eigenvalue weighted by molar-refractivity contribution is 5.25. The van der Waals surface area contributed by atoms with Crippen molar-refractivity contribution in [2.45, 2.75) is 25.4 Å². The molecule has 1 aromatic rings. The van der Waals surface area contributed by atoms with E-state index >= 15 is 0 Å². The molecule has 1 rings (SSSR count). The van der Waals surface area contributed by atoms with E-state index in [0.29, 0.717) is 5.56 Å². The van der Waals surface area contributed by atoms with Crippen LogP contribution in [0.4, 0.5) is 8.78 Å². The highest BCUT2D eigenvalue weighted by Crippen LogP contribution is 2.27. The predicted molar refractivity (Wildman–Crippen MR) is 61.3 cm³/mol. The van der Waals surface area contributed by atoms with Crippen molar-refractivity contribution in [1.29, 1.82) is 0 Å². The Labute approximate surface area is 95.1 Å². The SMILES string of the molecule is CNC(c1ccc(F)cc1F)C(C)(C)NC. The van der Waals surface area contributed by atoms with Gasteiger partial charge in [-0.2, -0.15) is 0 Å². The summed E-state index contributed by atoms with van der Waals surface area (Å²) in [6.45, 7) is 3.91. The summed E-state index contributed by atoms with van der Waals surface area (Å²) in [5, 5.41) is 6.15. The third-order valence-electron chi connectivity index (χ3n) is 2.93. The Bertz CT molecular complexity index is 364. The number of nitrogens with one attached hydrogen (secondary N) is 2. The van der Waals surface area contributed by atoms with Gasteiger partial charge in [0.15, 0.2) is 0 Å². The molecule has 0 aliphatic rings. The van der Waals surface area contributed by atoms with Gasteiger partial charge in [0.2, 0.25) is 0 Å². The van der Waals surface area contributed by atoms with E-state index in [0.717, 1.165) is 6.07 Å². The van der Waals surface area contributed by atoms with E-state index in [-0.39, 0.29) is 11.6 Å². The van der Waals surface area contributed by atoms with Gasteiger partial charge < -0.3 is 10.6 Å². The van der Waals surface area contributed by atoms with Crippen molar-refractivity contribution in [3.8, 4) is 0 Å². The van der Waals surface area contributed by atoms with Gasteiger partial charge in [-0.25, -0.2) is 8.78 Å². The molecular formula is C12H18F2N2. The van der Waals surface area contributed by atoms with Crippen molar-refractivity contribution in [1.82, 2.24) is 10.6 Å². The summed E-state index contributed by atoms with van der Waals surface area (Å²) in [5.74, 6) is -1.08. The van der Waals surface area contributed by atoms with Crippen LogP contribution in [0.1, 0.15) is 25.5 Å². The summed E-state index contributed by atoms with van der Waals surface area (Å²) in [4.78, 5) is 0. The van der Waals surface area contributed by atoms with Crippen LogP contribution < -0.4 is 10.6 Å². The van der Waals surface area contributed by atoms with Crippen LogP contribution in [0.3, 0.4) is 0 Å². The maximum absolute atomic E-state index is 13.6. The van der Waals surface area contributed by atoms with Crippen molar-refractivity contribution in [3.05, 3.63) is 35.4 Å². The fourth-order valence-corrected chi connectivity index (χ4v) is 1.79. The minimum absolute atomic E-state index is 0.224. The first-order chi connectivity index (χ1) is 7.42. The van der Waals surface area contributed by atoms with E-state index in [4.69, 9.17) is 0 Å². The van der Waals surface area contributed by atoms with Crippen LogP contribution in [0, 0.1) is 11.6 Å². The Morgan fingerprint density at radius 2 is 1.81 bits per heavy atom. The normalized spacial score (nSPS) is 13.9. The lowest BCUT2D eigenvalue weighted by Gasteiger charge is -2.34. The van der Waals surface area contributed by atoms with Crippen LogP contribution in [0.25, 0.3) is 0 Å². The van der Waals surface area contributed by atoms with Crippen LogP contribution >= 0.6 is 0 Å². The lowest BCUT2D eigenvalue weighted by atomic mass is 9.88. The fraction of sp³-hybridized carbons (Fsp3) is 0.500. The Morgan fingerprint density at radius 1 is 1.19 bits per heavy atom. The monoisotopic (exact) mass is 228 g/mol. The van der Waals surface area contributed by atoms with Gasteiger partial charge in [0, 0.05) is 17.2 Å². The van der Waals surface area contributed by atoms with Gasteiger partial charge in [0.1, 0.15) is 11.6 Å². The Balaban J connectivity index is 3.14. The summed E-state index contributed by atoms with van der Waals surface area (Å²) in [6.07, 6.45) is 0. The topological polar surface area (TPSA) is 24.1 Å². The predicted octanol–water partition coefficient (Wildman–Crippen LogP) is 2.22. The lowest BCUT2D eigenvalue weighted by Crippen LogP contribution is -2.47. The first-order valence-electron chi connectivity index (χ1n) is 5.23. The smallest absolute Gasteiger partial charge is 0.130 e. The molecule has 0 bridgehead atoms. The minimum atomic E-state index is -0.557. The van der Waals surface area contributed by atoms with Crippen molar-refractivity contribution in [3.63, 3.8) is 0 Å². The second kappa shape index (κ2) is 4.89. The molecular weight excluding hydrogens is 210 g/mol. The molecule has 1 unspecified atom stereocenters. The highest BCUT2D eigenvalue weighted by atomic mass is 19.1. The molecule has 4 heteroatoms. The zero-order valence-corrected chi connectivity index (χ0v) is 10.1. The first kappa shape index (κ1) is 13.1. The summed E-state index contributed by atoms with van der Waals surface area (Å²) in [5.41, 5.74) is 0.135. The first-order valence-corrected chi connectivity index (χ1v) is 5.23. The molecule has 2 nitrogen and oxygen atoms in total. The van der Waals surface area contributed by atoms with Gasteiger partial charge in [-0.05, 0) is 34.0 Å². The molecule has 2 N–H and O–H groups in total. The quantitative estimate of drug-likeness (QED) is 0.825. The molecule has 1 aromatic carbocycles. The summed E-state index contributed by atoms with van der Waals surface area (Å²) in [7, 11) is 3.57. The molecule has 16 heavy (non-hydrogen) atoms. The minimum Gasteiger partial charge on any atom is -0.313 e. The van der Waals surface area contributed by atoms with Crippen LogP contribution in [0.2, 0.25) is 0 Å². The molecule has 0 aromatic heterocycles. The van der Waals surface area contributed by atoms with E-state index in [1.165, 1.54) is 12.1 Å². The second-order valence-corrected chi connectivity index (χ2v) is 4.36. The molecule has 0 radical (unpaired) electrons. The maximum Gasteiger partial charge on any atom is 0.130 e. The van der Waals surface area contributed by atoms with Gasteiger partial charge in [-0.3, -0.25) is 0 Å². The number of likely N-dealkylation sites (N-methyl/N-ethyl adjacent to an activating group) is 2. The van der Waals surface area contributed by atoms with Crippen LogP contribution in [0.15, 0.2) is 18.2 Å². The van der Waals surface area contributed by atoms with Gasteiger partial charge in [-0.15, -0.1) is 0 Å². The van der Waals surface area contributed by atoms with Crippen molar-refractivity contribution in [2.24, 2.45) is 0 Å². The van der Waals surface area contributed by atoms with Gasteiger partial charge in [0.05, 0.1) is 6.04 Å². The van der Waals surface area contributed by atoms with Gasteiger partial charge in [-0.1, -0.05) is 6.07 Å². The largest absolute Gasteiger partial charge is 0.313 e. The molecule has 0 saturated heterocycles. The van der Waals surface area contributed by atoms with E-state index in [9.17, 15) is 8.78 Å². The molecule has 0 spiro atoms. The number of rotatable bonds is 4. The summed E-state index contributed by atoms with van der Waals surface area (Å²) in [6, 6.07) is 3.43. The molecule has 1 atom stereocenters. The number of hydrogen-bond acceptors (Lipinski definition) is 2. The third kappa shape index (κ3) is 2.57. The van der Waals surface area contributed by atoms with Crippen LogP contribution in [-0.2, 0) is 0 Å². The van der Waals surface area contributed by atoms with Crippen molar-refractivity contribution in [2.75, 3.05) is 14.1 Å². The molecule has 0 amide bonds. The zero-order valence-electron chi connectivity index (χ0n) is 10.1. The third-order valence-corrected chi connectivity index (χ3v) is 2.93. The molecule has 0 saturated carbocycles. The average molecular weight is 228 g/mol. The number of benzene rings is 1. The standard InChI is InChI=1S/C12H18F2N2/c1-12(2,16-4)11(15-3)9-6-5-8(13)7-10(9)14/h5-7,11,15-16H,1-4H3. The number of halogens is 2. The van der Waals surface area contributed by atoms with E-state index in [1.54, 1.807) is 7.05 Å². The van der Waals surface area contributed by atoms with Gasteiger partial charge >= 0.3 is 0 Å². The maximum atomic E-state index is 13.6. The Morgan fingerprint density at radius 3 is 2.25 bits per heavy atom. The summed E-state index contributed by atoms with van der Waals surface area (Å²) < 4.78 is 26.5. The number of hydrogen-bond donors (Lipinski definition) is 2. The van der Waals surface area contributed by atoms with E-state index < -0.39 is 11.6 Å². The molecule has 0 aliphatic carbocycles. The molecule has 90 valence electrons. The van der Waals surface area contributed by atoms with Crippen molar-refractivity contribution < 1.29 is 8.78 Å². The Kier molecular flexibility index (Phi) is 3.99. The molecule has 0 aliphatic heterocycles. The average Bonchev–Trinajstić information content (AvgIpc) is 2.22.